The number of hydrogen-bond donors (Lipinski definition) is 0. The fourth-order valence-electron chi connectivity index (χ4n) is 5.24. The molecule has 1 spiro atoms. The van der Waals surface area contributed by atoms with Crippen molar-refractivity contribution in [2.75, 3.05) is 26.2 Å². The zero-order valence-corrected chi connectivity index (χ0v) is 16.8. The Labute approximate surface area is 165 Å². The standard InChI is InChI=1S/C21H28N4OS/c1-23-19(5-8-22-23)18-13-24(11-17-6-10-27-14-17)15-21(18)7-2-9-25(20(21)26)12-16-3-4-16/h5-6,8,10,14,16,18H,2-4,7,9,11-13,15H2,1H3/t18-,21+/m0/s1. The predicted molar refractivity (Wildman–Crippen MR) is 107 cm³/mol. The van der Waals surface area contributed by atoms with E-state index in [4.69, 9.17) is 0 Å². The number of carbonyl (C=O) groups is 1. The van der Waals surface area contributed by atoms with Gasteiger partial charge in [0.05, 0.1) is 5.41 Å². The first-order chi connectivity index (χ1) is 13.2. The molecule has 0 radical (unpaired) electrons. The van der Waals surface area contributed by atoms with Crippen LogP contribution in [0.5, 0.6) is 0 Å². The van der Waals surface area contributed by atoms with E-state index < -0.39 is 0 Å². The van der Waals surface area contributed by atoms with Crippen molar-refractivity contribution < 1.29 is 4.79 Å². The Hall–Kier alpha value is -1.66. The molecule has 0 unspecified atom stereocenters. The molecule has 6 heteroatoms. The van der Waals surface area contributed by atoms with Crippen molar-refractivity contribution in [1.82, 2.24) is 19.6 Å². The number of nitrogens with zero attached hydrogens (tertiary/aromatic N) is 4. The van der Waals surface area contributed by atoms with Crippen molar-refractivity contribution in [3.8, 4) is 0 Å². The van der Waals surface area contributed by atoms with Crippen LogP contribution < -0.4 is 0 Å². The summed E-state index contributed by atoms with van der Waals surface area (Å²) >= 11 is 1.75. The fourth-order valence-corrected chi connectivity index (χ4v) is 5.90. The number of hydrogen-bond acceptors (Lipinski definition) is 4. The van der Waals surface area contributed by atoms with Crippen LogP contribution >= 0.6 is 11.3 Å². The Morgan fingerprint density at radius 2 is 2.22 bits per heavy atom. The second-order valence-corrected chi connectivity index (χ2v) is 9.47. The highest BCUT2D eigenvalue weighted by molar-refractivity contribution is 7.07. The van der Waals surface area contributed by atoms with Gasteiger partial charge < -0.3 is 4.90 Å². The van der Waals surface area contributed by atoms with Gasteiger partial charge in [-0.1, -0.05) is 0 Å². The van der Waals surface area contributed by atoms with Crippen molar-refractivity contribution >= 4 is 17.2 Å². The molecule has 2 aliphatic heterocycles. The van der Waals surface area contributed by atoms with Gasteiger partial charge in [0.1, 0.15) is 0 Å². The largest absolute Gasteiger partial charge is 0.342 e. The Bertz CT molecular complexity index is 812. The van der Waals surface area contributed by atoms with Crippen molar-refractivity contribution in [2.24, 2.45) is 18.4 Å². The summed E-state index contributed by atoms with van der Waals surface area (Å²) in [7, 11) is 2.01. The SMILES string of the molecule is Cn1nccc1[C@@H]1CN(Cc2ccsc2)C[C@]12CCCN(CC1CC1)C2=O. The molecule has 2 atom stereocenters. The summed E-state index contributed by atoms with van der Waals surface area (Å²) in [6, 6.07) is 4.32. The fraction of sp³-hybridized carbons (Fsp3) is 0.619. The maximum atomic E-state index is 13.7. The summed E-state index contributed by atoms with van der Waals surface area (Å²) in [6.45, 7) is 4.68. The molecule has 2 aromatic heterocycles. The molecule has 4 heterocycles. The van der Waals surface area contributed by atoms with Crippen LogP contribution in [0.3, 0.4) is 0 Å². The smallest absolute Gasteiger partial charge is 0.230 e. The second-order valence-electron chi connectivity index (χ2n) is 8.69. The lowest BCUT2D eigenvalue weighted by molar-refractivity contribution is -0.147. The number of likely N-dealkylation sites (tertiary alicyclic amines) is 2. The van der Waals surface area contributed by atoms with Crippen LogP contribution in [0.25, 0.3) is 0 Å². The van der Waals surface area contributed by atoms with Gasteiger partial charge in [0.25, 0.3) is 0 Å². The van der Waals surface area contributed by atoms with Gasteiger partial charge in [-0.2, -0.15) is 16.4 Å². The molecule has 0 bridgehead atoms. The van der Waals surface area contributed by atoms with Gasteiger partial charge in [-0.05, 0) is 60.1 Å². The second kappa shape index (κ2) is 6.74. The van der Waals surface area contributed by atoms with Crippen LogP contribution in [0, 0.1) is 11.3 Å². The van der Waals surface area contributed by atoms with Gasteiger partial charge >= 0.3 is 0 Å². The van der Waals surface area contributed by atoms with Gasteiger partial charge in [0, 0.05) is 57.6 Å². The van der Waals surface area contributed by atoms with Gasteiger partial charge in [-0.3, -0.25) is 14.4 Å². The molecule has 1 amide bonds. The molecule has 2 aromatic rings. The minimum absolute atomic E-state index is 0.234. The highest BCUT2D eigenvalue weighted by atomic mass is 32.1. The summed E-state index contributed by atoms with van der Waals surface area (Å²) in [5, 5.41) is 8.79. The van der Waals surface area contributed by atoms with E-state index in [1.807, 2.05) is 17.9 Å². The lowest BCUT2D eigenvalue weighted by atomic mass is 9.70. The van der Waals surface area contributed by atoms with E-state index in [9.17, 15) is 4.79 Å². The van der Waals surface area contributed by atoms with Crippen LogP contribution in [0.1, 0.15) is 42.9 Å². The quantitative estimate of drug-likeness (QED) is 0.795. The number of thiophene rings is 1. The van der Waals surface area contributed by atoms with E-state index in [0.29, 0.717) is 5.91 Å². The molecule has 27 heavy (non-hydrogen) atoms. The van der Waals surface area contributed by atoms with E-state index >= 15 is 0 Å². The first kappa shape index (κ1) is 17.4. The Morgan fingerprint density at radius 3 is 2.93 bits per heavy atom. The van der Waals surface area contributed by atoms with Crippen LogP contribution in [0.15, 0.2) is 29.1 Å². The monoisotopic (exact) mass is 384 g/mol. The summed E-state index contributed by atoms with van der Waals surface area (Å²) in [5.41, 5.74) is 2.29. The first-order valence-electron chi connectivity index (χ1n) is 10.2. The normalized spacial score (nSPS) is 29.1. The molecule has 3 aliphatic rings. The Morgan fingerprint density at radius 1 is 1.33 bits per heavy atom. The van der Waals surface area contributed by atoms with Crippen molar-refractivity contribution in [2.45, 2.75) is 38.1 Å². The van der Waals surface area contributed by atoms with Crippen molar-refractivity contribution in [1.29, 1.82) is 0 Å². The number of amides is 1. The average Bonchev–Trinajstić information content (AvgIpc) is 3.03. The molecule has 0 N–H and O–H groups in total. The van der Waals surface area contributed by atoms with Crippen LogP contribution in [-0.2, 0) is 18.4 Å². The van der Waals surface area contributed by atoms with E-state index in [1.54, 1.807) is 11.3 Å². The van der Waals surface area contributed by atoms with Gasteiger partial charge in [-0.15, -0.1) is 0 Å². The predicted octanol–water partition coefficient (Wildman–Crippen LogP) is 3.10. The number of carbonyl (C=O) groups excluding carboxylic acids is 1. The summed E-state index contributed by atoms with van der Waals surface area (Å²) < 4.78 is 1.98. The van der Waals surface area contributed by atoms with Gasteiger partial charge in [0.15, 0.2) is 0 Å². The number of aromatic nitrogens is 2. The molecule has 0 aromatic carbocycles. The third kappa shape index (κ3) is 3.13. The van der Waals surface area contributed by atoms with Gasteiger partial charge in [0.2, 0.25) is 5.91 Å². The van der Waals surface area contributed by atoms with Crippen molar-refractivity contribution in [3.63, 3.8) is 0 Å². The third-order valence-electron chi connectivity index (χ3n) is 6.76. The third-order valence-corrected chi connectivity index (χ3v) is 7.49. The molecule has 2 saturated heterocycles. The van der Waals surface area contributed by atoms with E-state index in [-0.39, 0.29) is 11.3 Å². The summed E-state index contributed by atoms with van der Waals surface area (Å²) in [5.74, 6) is 1.39. The van der Waals surface area contributed by atoms with Crippen molar-refractivity contribution in [3.05, 3.63) is 40.3 Å². The molecule has 144 valence electrons. The number of aryl methyl sites for hydroxylation is 1. The molecule has 5 nitrogen and oxygen atoms in total. The maximum absolute atomic E-state index is 13.7. The zero-order chi connectivity index (χ0) is 18.4. The van der Waals surface area contributed by atoms with Gasteiger partial charge in [-0.25, -0.2) is 0 Å². The lowest BCUT2D eigenvalue weighted by Gasteiger charge is -2.42. The highest BCUT2D eigenvalue weighted by Gasteiger charge is 2.56. The average molecular weight is 385 g/mol. The molecule has 3 fully saturated rings. The summed E-state index contributed by atoms with van der Waals surface area (Å²) in [4.78, 5) is 18.4. The highest BCUT2D eigenvalue weighted by Crippen LogP contribution is 2.50. The molecule has 1 aliphatic carbocycles. The minimum Gasteiger partial charge on any atom is -0.342 e. The Kier molecular flexibility index (Phi) is 4.36. The minimum atomic E-state index is -0.281. The molecule has 1 saturated carbocycles. The van der Waals surface area contributed by atoms with Crippen LogP contribution in [0.4, 0.5) is 0 Å². The number of piperidine rings is 1. The summed E-state index contributed by atoms with van der Waals surface area (Å²) in [6.07, 6.45) is 6.60. The van der Waals surface area contributed by atoms with E-state index in [0.717, 1.165) is 51.5 Å². The zero-order valence-electron chi connectivity index (χ0n) is 16.0. The topological polar surface area (TPSA) is 41.4 Å². The number of rotatable bonds is 5. The Balaban J connectivity index is 1.46. The molecule has 5 rings (SSSR count). The molecular weight excluding hydrogens is 356 g/mol. The lowest BCUT2D eigenvalue weighted by Crippen LogP contribution is -2.52. The molecular formula is C21H28N4OS. The maximum Gasteiger partial charge on any atom is 0.230 e. The van der Waals surface area contributed by atoms with Crippen LogP contribution in [-0.4, -0.2) is 51.7 Å². The first-order valence-corrected chi connectivity index (χ1v) is 11.1. The van der Waals surface area contributed by atoms with E-state index in [2.05, 4.69) is 37.8 Å². The van der Waals surface area contributed by atoms with Crippen LogP contribution in [0.2, 0.25) is 0 Å². The van der Waals surface area contributed by atoms with E-state index in [1.165, 1.54) is 24.1 Å².